The standard InChI is InChI=1S/C23H21N7O3S/c1-15-11-18(33-22-24-9-4-10-25-22)7-8-19(15)28-21(32)16-5-3-6-17(12-16)27-20(31)13-34-23-29-26-14-30(23)2/h3-12,14H,13H2,1-2H3,(H,27,31)(H,28,32). The number of aromatic nitrogens is 5. The van der Waals surface area contributed by atoms with Crippen molar-refractivity contribution in [2.75, 3.05) is 16.4 Å². The molecule has 0 bridgehead atoms. The molecule has 0 aliphatic carbocycles. The Hall–Kier alpha value is -4.25. The first kappa shape index (κ1) is 22.9. The van der Waals surface area contributed by atoms with Gasteiger partial charge in [-0.1, -0.05) is 17.8 Å². The minimum atomic E-state index is -0.298. The van der Waals surface area contributed by atoms with Crippen LogP contribution in [0.3, 0.4) is 0 Å². The van der Waals surface area contributed by atoms with Crippen molar-refractivity contribution in [3.63, 3.8) is 0 Å². The molecule has 2 N–H and O–H groups in total. The summed E-state index contributed by atoms with van der Waals surface area (Å²) in [6.45, 7) is 1.86. The largest absolute Gasteiger partial charge is 0.424 e. The molecule has 2 amide bonds. The van der Waals surface area contributed by atoms with Crippen LogP contribution in [-0.2, 0) is 11.8 Å². The quantitative estimate of drug-likeness (QED) is 0.370. The highest BCUT2D eigenvalue weighted by atomic mass is 32.2. The second kappa shape index (κ2) is 10.6. The number of nitrogens with one attached hydrogen (secondary N) is 2. The van der Waals surface area contributed by atoms with Gasteiger partial charge in [0.1, 0.15) is 12.1 Å². The van der Waals surface area contributed by atoms with Gasteiger partial charge in [-0.3, -0.25) is 9.59 Å². The number of anilines is 2. The predicted octanol–water partition coefficient (Wildman–Crippen LogP) is 3.69. The van der Waals surface area contributed by atoms with Gasteiger partial charge in [0.2, 0.25) is 5.91 Å². The Kier molecular flexibility index (Phi) is 7.13. The lowest BCUT2D eigenvalue weighted by molar-refractivity contribution is -0.113. The van der Waals surface area contributed by atoms with Crippen molar-refractivity contribution in [1.29, 1.82) is 0 Å². The number of hydrogen-bond acceptors (Lipinski definition) is 8. The molecule has 172 valence electrons. The molecule has 0 unspecified atom stereocenters. The Morgan fingerprint density at radius 1 is 1.06 bits per heavy atom. The van der Waals surface area contributed by atoms with E-state index in [0.717, 1.165) is 5.56 Å². The van der Waals surface area contributed by atoms with E-state index in [2.05, 4.69) is 30.8 Å². The summed E-state index contributed by atoms with van der Waals surface area (Å²) in [7, 11) is 1.81. The van der Waals surface area contributed by atoms with Crippen molar-refractivity contribution < 1.29 is 14.3 Å². The van der Waals surface area contributed by atoms with Gasteiger partial charge in [-0.25, -0.2) is 9.97 Å². The van der Waals surface area contributed by atoms with E-state index in [0.29, 0.717) is 27.8 Å². The smallest absolute Gasteiger partial charge is 0.321 e. The van der Waals surface area contributed by atoms with Crippen molar-refractivity contribution in [2.24, 2.45) is 7.05 Å². The van der Waals surface area contributed by atoms with Gasteiger partial charge in [-0.2, -0.15) is 0 Å². The van der Waals surface area contributed by atoms with E-state index in [9.17, 15) is 9.59 Å². The highest BCUT2D eigenvalue weighted by molar-refractivity contribution is 7.99. The summed E-state index contributed by atoms with van der Waals surface area (Å²) < 4.78 is 7.36. The van der Waals surface area contributed by atoms with Crippen molar-refractivity contribution in [1.82, 2.24) is 24.7 Å². The molecule has 0 aliphatic heterocycles. The SMILES string of the molecule is Cc1cc(Oc2ncccn2)ccc1NC(=O)c1cccc(NC(=O)CSc2nncn2C)c1. The molecular formula is C23H21N7O3S. The third kappa shape index (κ3) is 5.95. The molecule has 4 aromatic rings. The van der Waals surface area contributed by atoms with E-state index in [1.54, 1.807) is 71.8 Å². The Balaban J connectivity index is 1.36. The number of nitrogens with zero attached hydrogens (tertiary/aromatic N) is 5. The molecule has 10 nitrogen and oxygen atoms in total. The lowest BCUT2D eigenvalue weighted by Gasteiger charge is -2.11. The average Bonchev–Trinajstić information content (AvgIpc) is 3.25. The van der Waals surface area contributed by atoms with E-state index in [1.807, 2.05) is 14.0 Å². The summed E-state index contributed by atoms with van der Waals surface area (Å²) in [5, 5.41) is 14.0. The molecule has 2 heterocycles. The lowest BCUT2D eigenvalue weighted by Crippen LogP contribution is -2.16. The number of hydrogen-bond donors (Lipinski definition) is 2. The van der Waals surface area contributed by atoms with Crippen LogP contribution in [0.25, 0.3) is 0 Å². The zero-order valence-corrected chi connectivity index (χ0v) is 19.2. The molecule has 2 aromatic carbocycles. The number of thioether (sulfide) groups is 1. The van der Waals surface area contributed by atoms with Crippen LogP contribution in [0.15, 0.2) is 72.4 Å². The predicted molar refractivity (Wildman–Crippen MR) is 128 cm³/mol. The molecule has 0 saturated heterocycles. The van der Waals surface area contributed by atoms with E-state index in [1.165, 1.54) is 11.8 Å². The number of rotatable bonds is 8. The van der Waals surface area contributed by atoms with Crippen LogP contribution in [0.5, 0.6) is 11.8 Å². The van der Waals surface area contributed by atoms with Gasteiger partial charge in [-0.05, 0) is 55.0 Å². The number of benzene rings is 2. The van der Waals surface area contributed by atoms with Crippen molar-refractivity contribution in [3.8, 4) is 11.8 Å². The number of carbonyl (C=O) groups excluding carboxylic acids is 2. The minimum Gasteiger partial charge on any atom is -0.424 e. The Bertz CT molecular complexity index is 1310. The zero-order valence-electron chi connectivity index (χ0n) is 18.4. The van der Waals surface area contributed by atoms with E-state index < -0.39 is 0 Å². The van der Waals surface area contributed by atoms with Gasteiger partial charge in [-0.15, -0.1) is 10.2 Å². The normalized spacial score (nSPS) is 10.5. The summed E-state index contributed by atoms with van der Waals surface area (Å²) in [6.07, 6.45) is 4.76. The first-order valence-electron chi connectivity index (χ1n) is 10.2. The summed E-state index contributed by atoms with van der Waals surface area (Å²) in [5.41, 5.74) is 2.39. The van der Waals surface area contributed by atoms with Crippen molar-refractivity contribution in [2.45, 2.75) is 12.1 Å². The first-order chi connectivity index (χ1) is 16.5. The molecule has 34 heavy (non-hydrogen) atoms. The fourth-order valence-electron chi connectivity index (χ4n) is 2.95. The van der Waals surface area contributed by atoms with Crippen LogP contribution >= 0.6 is 11.8 Å². The molecule has 0 spiro atoms. The molecule has 0 saturated carbocycles. The number of ether oxygens (including phenoxy) is 1. The van der Waals surface area contributed by atoms with E-state index in [-0.39, 0.29) is 23.6 Å². The van der Waals surface area contributed by atoms with Crippen LogP contribution in [0.2, 0.25) is 0 Å². The van der Waals surface area contributed by atoms with Crippen LogP contribution in [0.1, 0.15) is 15.9 Å². The second-order valence-corrected chi connectivity index (χ2v) is 8.15. The van der Waals surface area contributed by atoms with Crippen LogP contribution in [0.4, 0.5) is 11.4 Å². The minimum absolute atomic E-state index is 0.171. The van der Waals surface area contributed by atoms with E-state index in [4.69, 9.17) is 4.74 Å². The number of carbonyl (C=O) groups is 2. The van der Waals surface area contributed by atoms with Crippen LogP contribution in [-0.4, -0.2) is 42.3 Å². The van der Waals surface area contributed by atoms with Gasteiger partial charge in [0.25, 0.3) is 5.91 Å². The molecule has 0 aliphatic rings. The maximum absolute atomic E-state index is 12.8. The van der Waals surface area contributed by atoms with Gasteiger partial charge in [0.15, 0.2) is 5.16 Å². The second-order valence-electron chi connectivity index (χ2n) is 7.21. The molecule has 0 atom stereocenters. The molecule has 2 aromatic heterocycles. The zero-order chi connectivity index (χ0) is 23.9. The molecular weight excluding hydrogens is 454 g/mol. The molecule has 0 radical (unpaired) electrons. The molecule has 0 fully saturated rings. The van der Waals surface area contributed by atoms with Crippen molar-refractivity contribution in [3.05, 3.63) is 78.4 Å². The number of amides is 2. The Morgan fingerprint density at radius 2 is 1.88 bits per heavy atom. The Labute approximate surface area is 199 Å². The van der Waals surface area contributed by atoms with Crippen LogP contribution < -0.4 is 15.4 Å². The third-order valence-electron chi connectivity index (χ3n) is 4.61. The van der Waals surface area contributed by atoms with Gasteiger partial charge in [0.05, 0.1) is 5.75 Å². The van der Waals surface area contributed by atoms with Crippen molar-refractivity contribution >= 4 is 35.0 Å². The van der Waals surface area contributed by atoms with Gasteiger partial charge < -0.3 is 19.9 Å². The third-order valence-corrected chi connectivity index (χ3v) is 5.64. The van der Waals surface area contributed by atoms with Gasteiger partial charge >= 0.3 is 6.01 Å². The Morgan fingerprint density at radius 3 is 2.62 bits per heavy atom. The lowest BCUT2D eigenvalue weighted by atomic mass is 10.1. The fraction of sp³-hybridized carbons (Fsp3) is 0.130. The molecule has 11 heteroatoms. The molecule has 4 rings (SSSR count). The topological polar surface area (TPSA) is 124 Å². The number of aryl methyl sites for hydroxylation is 2. The summed E-state index contributed by atoms with van der Waals surface area (Å²) >= 11 is 1.28. The van der Waals surface area contributed by atoms with Crippen LogP contribution in [0, 0.1) is 6.92 Å². The summed E-state index contributed by atoms with van der Waals surface area (Å²) in [5.74, 6) is 0.225. The highest BCUT2D eigenvalue weighted by Gasteiger charge is 2.12. The summed E-state index contributed by atoms with van der Waals surface area (Å²) in [6, 6.07) is 14.0. The monoisotopic (exact) mass is 475 g/mol. The van der Waals surface area contributed by atoms with E-state index >= 15 is 0 Å². The maximum Gasteiger partial charge on any atom is 0.321 e. The summed E-state index contributed by atoms with van der Waals surface area (Å²) in [4.78, 5) is 33.1. The highest BCUT2D eigenvalue weighted by Crippen LogP contribution is 2.25. The van der Waals surface area contributed by atoms with Gasteiger partial charge in [0, 0.05) is 36.4 Å². The maximum atomic E-state index is 12.8. The first-order valence-corrected chi connectivity index (χ1v) is 11.2. The average molecular weight is 476 g/mol. The fourth-order valence-corrected chi connectivity index (χ4v) is 3.63.